The third-order valence-electron chi connectivity index (χ3n) is 3.57. The molecule has 0 saturated carbocycles. The van der Waals surface area contributed by atoms with Gasteiger partial charge in [0.15, 0.2) is 0 Å². The van der Waals surface area contributed by atoms with Crippen molar-refractivity contribution < 1.29 is 14.6 Å². The fourth-order valence-electron chi connectivity index (χ4n) is 2.37. The Morgan fingerprint density at radius 3 is 3.05 bits per heavy atom. The molecule has 0 amide bonds. The van der Waals surface area contributed by atoms with Gasteiger partial charge < -0.3 is 19.9 Å². The molecule has 0 aromatic heterocycles. The normalized spacial score (nSPS) is 20.0. The summed E-state index contributed by atoms with van der Waals surface area (Å²) in [5, 5.41) is 13.1. The molecule has 1 aliphatic rings. The average molecular weight is 279 g/mol. The SMILES string of the molecule is Cc1ccccc1OCC(O)CNCCC1CCCO1. The molecule has 112 valence electrons. The first-order chi connectivity index (χ1) is 9.75. The Labute approximate surface area is 121 Å². The highest BCUT2D eigenvalue weighted by atomic mass is 16.5. The monoisotopic (exact) mass is 279 g/mol. The molecule has 0 bridgehead atoms. The highest BCUT2D eigenvalue weighted by Crippen LogP contribution is 2.16. The van der Waals surface area contributed by atoms with Crippen molar-refractivity contribution in [2.24, 2.45) is 0 Å². The zero-order valence-corrected chi connectivity index (χ0v) is 12.2. The van der Waals surface area contributed by atoms with Gasteiger partial charge in [-0.1, -0.05) is 18.2 Å². The first-order valence-electron chi connectivity index (χ1n) is 7.44. The van der Waals surface area contributed by atoms with E-state index in [1.165, 1.54) is 12.8 Å². The Bertz CT molecular complexity index is 391. The molecular weight excluding hydrogens is 254 g/mol. The summed E-state index contributed by atoms with van der Waals surface area (Å²) in [6.45, 7) is 4.65. The van der Waals surface area contributed by atoms with Crippen molar-refractivity contribution >= 4 is 0 Å². The summed E-state index contributed by atoms with van der Waals surface area (Å²) >= 11 is 0. The minimum Gasteiger partial charge on any atom is -0.491 e. The number of para-hydroxylation sites is 1. The lowest BCUT2D eigenvalue weighted by atomic mass is 10.2. The second kappa shape index (κ2) is 8.25. The standard InChI is InChI=1S/C16H25NO3/c1-13-5-2-3-7-16(13)20-12-14(18)11-17-9-8-15-6-4-10-19-15/h2-3,5,7,14-15,17-18H,4,6,8-12H2,1H3. The predicted octanol–water partition coefficient (Wildman–Crippen LogP) is 1.89. The molecule has 1 heterocycles. The van der Waals surface area contributed by atoms with Crippen LogP contribution in [-0.2, 0) is 4.74 Å². The topological polar surface area (TPSA) is 50.7 Å². The summed E-state index contributed by atoms with van der Waals surface area (Å²) in [4.78, 5) is 0. The lowest BCUT2D eigenvalue weighted by Crippen LogP contribution is -2.33. The summed E-state index contributed by atoms with van der Waals surface area (Å²) in [5.74, 6) is 0.839. The van der Waals surface area contributed by atoms with Crippen LogP contribution in [0.25, 0.3) is 0 Å². The number of rotatable bonds is 8. The van der Waals surface area contributed by atoms with Crippen LogP contribution in [0.3, 0.4) is 0 Å². The number of aryl methyl sites for hydroxylation is 1. The Morgan fingerprint density at radius 1 is 1.45 bits per heavy atom. The van der Waals surface area contributed by atoms with Crippen molar-refractivity contribution in [2.75, 3.05) is 26.3 Å². The Balaban J connectivity index is 1.56. The Morgan fingerprint density at radius 2 is 2.30 bits per heavy atom. The summed E-state index contributed by atoms with van der Waals surface area (Å²) in [7, 11) is 0. The van der Waals surface area contributed by atoms with Crippen LogP contribution in [0.15, 0.2) is 24.3 Å². The largest absolute Gasteiger partial charge is 0.491 e. The summed E-state index contributed by atoms with van der Waals surface area (Å²) in [5.41, 5.74) is 1.09. The maximum Gasteiger partial charge on any atom is 0.122 e. The minimum absolute atomic E-state index is 0.317. The van der Waals surface area contributed by atoms with E-state index in [-0.39, 0.29) is 0 Å². The molecule has 20 heavy (non-hydrogen) atoms. The van der Waals surface area contributed by atoms with Crippen LogP contribution < -0.4 is 10.1 Å². The number of aliphatic hydroxyl groups excluding tert-OH is 1. The smallest absolute Gasteiger partial charge is 0.122 e. The molecule has 4 heteroatoms. The molecule has 2 rings (SSSR count). The first-order valence-corrected chi connectivity index (χ1v) is 7.44. The number of hydrogen-bond acceptors (Lipinski definition) is 4. The van der Waals surface area contributed by atoms with E-state index < -0.39 is 6.10 Å². The van der Waals surface area contributed by atoms with Crippen LogP contribution in [0.2, 0.25) is 0 Å². The molecule has 2 unspecified atom stereocenters. The van der Waals surface area contributed by atoms with Crippen molar-refractivity contribution in [2.45, 2.75) is 38.4 Å². The van der Waals surface area contributed by atoms with Crippen LogP contribution in [0.1, 0.15) is 24.8 Å². The molecule has 0 aliphatic carbocycles. The van der Waals surface area contributed by atoms with Gasteiger partial charge in [-0.05, 0) is 44.4 Å². The van der Waals surface area contributed by atoms with Crippen LogP contribution in [0.4, 0.5) is 0 Å². The van der Waals surface area contributed by atoms with Crippen LogP contribution in [-0.4, -0.2) is 43.6 Å². The molecule has 2 atom stereocenters. The number of aliphatic hydroxyl groups is 1. The molecule has 1 aromatic carbocycles. The zero-order chi connectivity index (χ0) is 14.2. The second-order valence-corrected chi connectivity index (χ2v) is 5.36. The van der Waals surface area contributed by atoms with Gasteiger partial charge in [-0.3, -0.25) is 0 Å². The van der Waals surface area contributed by atoms with Gasteiger partial charge in [-0.2, -0.15) is 0 Å². The van der Waals surface area contributed by atoms with Gasteiger partial charge >= 0.3 is 0 Å². The summed E-state index contributed by atoms with van der Waals surface area (Å²) in [6, 6.07) is 7.84. The summed E-state index contributed by atoms with van der Waals surface area (Å²) < 4.78 is 11.2. The van der Waals surface area contributed by atoms with Crippen LogP contribution in [0.5, 0.6) is 5.75 Å². The molecule has 1 aromatic rings. The number of ether oxygens (including phenoxy) is 2. The third-order valence-corrected chi connectivity index (χ3v) is 3.57. The van der Waals surface area contributed by atoms with E-state index in [0.717, 1.165) is 30.9 Å². The van der Waals surface area contributed by atoms with Gasteiger partial charge in [-0.15, -0.1) is 0 Å². The second-order valence-electron chi connectivity index (χ2n) is 5.36. The predicted molar refractivity (Wildman–Crippen MR) is 79.1 cm³/mol. The first kappa shape index (κ1) is 15.3. The number of nitrogens with one attached hydrogen (secondary N) is 1. The Hall–Kier alpha value is -1.10. The third kappa shape index (κ3) is 5.12. The van der Waals surface area contributed by atoms with Crippen LogP contribution in [0, 0.1) is 6.92 Å². The summed E-state index contributed by atoms with van der Waals surface area (Å²) in [6.07, 6.45) is 3.28. The van der Waals surface area contributed by atoms with Gasteiger partial charge in [0.05, 0.1) is 6.10 Å². The molecule has 0 radical (unpaired) electrons. The van der Waals surface area contributed by atoms with Gasteiger partial charge in [0.25, 0.3) is 0 Å². The average Bonchev–Trinajstić information content (AvgIpc) is 2.96. The maximum atomic E-state index is 9.87. The van der Waals surface area contributed by atoms with E-state index in [9.17, 15) is 5.11 Å². The van der Waals surface area contributed by atoms with Crippen molar-refractivity contribution in [3.8, 4) is 5.75 Å². The molecule has 1 aliphatic heterocycles. The van der Waals surface area contributed by atoms with E-state index >= 15 is 0 Å². The lowest BCUT2D eigenvalue weighted by Gasteiger charge is -2.15. The van der Waals surface area contributed by atoms with Gasteiger partial charge in [0.1, 0.15) is 18.5 Å². The van der Waals surface area contributed by atoms with Crippen molar-refractivity contribution in [1.29, 1.82) is 0 Å². The highest BCUT2D eigenvalue weighted by Gasteiger charge is 2.14. The quantitative estimate of drug-likeness (QED) is 0.714. The molecule has 0 spiro atoms. The number of benzene rings is 1. The molecule has 4 nitrogen and oxygen atoms in total. The van der Waals surface area contributed by atoms with Crippen molar-refractivity contribution in [3.05, 3.63) is 29.8 Å². The van der Waals surface area contributed by atoms with Crippen LogP contribution >= 0.6 is 0 Å². The molecule has 1 fully saturated rings. The van der Waals surface area contributed by atoms with Gasteiger partial charge in [-0.25, -0.2) is 0 Å². The number of hydrogen-bond donors (Lipinski definition) is 2. The maximum absolute atomic E-state index is 9.87. The minimum atomic E-state index is -0.487. The van der Waals surface area contributed by atoms with Gasteiger partial charge in [0, 0.05) is 13.2 Å². The fourth-order valence-corrected chi connectivity index (χ4v) is 2.37. The van der Waals surface area contributed by atoms with Crippen molar-refractivity contribution in [1.82, 2.24) is 5.32 Å². The fraction of sp³-hybridized carbons (Fsp3) is 0.625. The Kier molecular flexibility index (Phi) is 6.30. The lowest BCUT2D eigenvalue weighted by molar-refractivity contribution is 0.0940. The van der Waals surface area contributed by atoms with E-state index in [1.807, 2.05) is 31.2 Å². The molecule has 1 saturated heterocycles. The zero-order valence-electron chi connectivity index (χ0n) is 12.2. The van der Waals surface area contributed by atoms with E-state index in [2.05, 4.69) is 5.32 Å². The molecule has 2 N–H and O–H groups in total. The van der Waals surface area contributed by atoms with E-state index in [4.69, 9.17) is 9.47 Å². The highest BCUT2D eigenvalue weighted by molar-refractivity contribution is 5.31. The van der Waals surface area contributed by atoms with Crippen molar-refractivity contribution in [3.63, 3.8) is 0 Å². The van der Waals surface area contributed by atoms with E-state index in [1.54, 1.807) is 0 Å². The van der Waals surface area contributed by atoms with E-state index in [0.29, 0.717) is 19.3 Å². The molecular formula is C16H25NO3. The van der Waals surface area contributed by atoms with Gasteiger partial charge in [0.2, 0.25) is 0 Å².